The second-order valence-electron chi connectivity index (χ2n) is 10.6. The number of aryl methyl sites for hydroxylation is 1. The Kier molecular flexibility index (Phi) is 6.49. The highest BCUT2D eigenvalue weighted by Crippen LogP contribution is 2.59. The van der Waals surface area contributed by atoms with Crippen LogP contribution in [0.3, 0.4) is 0 Å². The number of carbonyl (C=O) groups excluding carboxylic acids is 2. The van der Waals surface area contributed by atoms with Crippen molar-refractivity contribution < 1.29 is 18.8 Å². The highest BCUT2D eigenvalue weighted by atomic mass is 16.5. The topological polar surface area (TPSA) is 104 Å². The zero-order valence-corrected chi connectivity index (χ0v) is 20.7. The number of aromatic nitrogens is 3. The summed E-state index contributed by atoms with van der Waals surface area (Å²) >= 11 is 0. The summed E-state index contributed by atoms with van der Waals surface area (Å²) < 4.78 is 12.5. The molecule has 186 valence electrons. The summed E-state index contributed by atoms with van der Waals surface area (Å²) in [5.74, 6) is -0.190. The van der Waals surface area contributed by atoms with E-state index in [-0.39, 0.29) is 23.2 Å². The van der Waals surface area contributed by atoms with E-state index in [2.05, 4.69) is 33.4 Å². The Morgan fingerprint density at radius 1 is 1.26 bits per heavy atom. The average Bonchev–Trinajstić information content (AvgIpc) is 3.24. The molecule has 2 aromatic heterocycles. The molecule has 3 aliphatic rings. The molecule has 3 heterocycles. The predicted octanol–water partition coefficient (Wildman–Crippen LogP) is 4.55. The number of hydrogen-bond acceptors (Lipinski definition) is 6. The van der Waals surface area contributed by atoms with Crippen LogP contribution in [0.5, 0.6) is 0 Å². The maximum Gasteiger partial charge on any atom is 0.565 e. The first-order chi connectivity index (χ1) is 16.9. The molecule has 2 aliphatic carbocycles. The molecule has 2 saturated carbocycles. The van der Waals surface area contributed by atoms with Crippen molar-refractivity contribution in [2.75, 3.05) is 18.5 Å². The molecule has 9 nitrogen and oxygen atoms in total. The van der Waals surface area contributed by atoms with Crippen molar-refractivity contribution in [1.29, 1.82) is 0 Å². The van der Waals surface area contributed by atoms with Gasteiger partial charge in [0.05, 0.1) is 5.69 Å². The molecule has 0 spiro atoms. The minimum atomic E-state index is -0.652. The number of rotatable bonds is 7. The van der Waals surface area contributed by atoms with E-state index in [0.717, 1.165) is 49.8 Å². The van der Waals surface area contributed by atoms with Gasteiger partial charge in [0, 0.05) is 42.8 Å². The first kappa shape index (κ1) is 23.7. The fourth-order valence-electron chi connectivity index (χ4n) is 5.65. The maximum atomic E-state index is 13.7. The second-order valence-corrected chi connectivity index (χ2v) is 10.6. The van der Waals surface area contributed by atoms with E-state index in [0.29, 0.717) is 30.7 Å². The Balaban J connectivity index is 1.41. The highest BCUT2D eigenvalue weighted by Gasteiger charge is 2.55. The van der Waals surface area contributed by atoms with Crippen LogP contribution in [-0.4, -0.2) is 40.0 Å². The summed E-state index contributed by atoms with van der Waals surface area (Å²) in [5.41, 5.74) is 2.16. The lowest BCUT2D eigenvalue weighted by molar-refractivity contribution is -0.121. The van der Waals surface area contributed by atoms with Crippen molar-refractivity contribution in [2.45, 2.75) is 64.7 Å². The van der Waals surface area contributed by atoms with Crippen LogP contribution in [0.2, 0.25) is 0 Å². The quantitative estimate of drug-likeness (QED) is 0.623. The van der Waals surface area contributed by atoms with Crippen LogP contribution in [0.4, 0.5) is 5.88 Å². The van der Waals surface area contributed by atoms with Crippen molar-refractivity contribution in [3.8, 4) is 6.07 Å². The zero-order valence-electron chi connectivity index (χ0n) is 20.7. The van der Waals surface area contributed by atoms with E-state index in [1.54, 1.807) is 19.3 Å². The van der Waals surface area contributed by atoms with Crippen LogP contribution in [0.25, 0.3) is 4.85 Å². The molecule has 1 N–H and O–H groups in total. The molecule has 3 fully saturated rings. The van der Waals surface area contributed by atoms with E-state index < -0.39 is 11.8 Å². The maximum absolute atomic E-state index is 13.7. The Bertz CT molecular complexity index is 1160. The molecular weight excluding hydrogens is 446 g/mol. The summed E-state index contributed by atoms with van der Waals surface area (Å²) in [5, 5.41) is 11.3. The van der Waals surface area contributed by atoms with Gasteiger partial charge < -0.3 is 9.26 Å². The predicted molar refractivity (Wildman–Crippen MR) is 129 cm³/mol. The van der Waals surface area contributed by atoms with Gasteiger partial charge in [-0.2, -0.15) is 9.89 Å². The first-order valence-electron chi connectivity index (χ1n) is 12.7. The van der Waals surface area contributed by atoms with Crippen LogP contribution in [-0.2, 0) is 16.6 Å². The van der Waals surface area contributed by atoms with Crippen LogP contribution in [0.15, 0.2) is 16.8 Å². The third-order valence-corrected chi connectivity index (χ3v) is 8.29. The summed E-state index contributed by atoms with van der Waals surface area (Å²) in [7, 11) is 1.69. The normalized spacial score (nSPS) is 21.3. The van der Waals surface area contributed by atoms with Gasteiger partial charge >= 0.3 is 12.0 Å². The van der Waals surface area contributed by atoms with Crippen molar-refractivity contribution in [1.82, 2.24) is 14.9 Å². The summed E-state index contributed by atoms with van der Waals surface area (Å²) in [6, 6.07) is 4.60. The van der Waals surface area contributed by atoms with Gasteiger partial charge in [-0.1, -0.05) is 31.3 Å². The molecule has 2 unspecified atom stereocenters. The Labute approximate surface area is 205 Å². The van der Waals surface area contributed by atoms with E-state index in [4.69, 9.17) is 9.26 Å². The van der Waals surface area contributed by atoms with E-state index in [1.165, 1.54) is 11.1 Å². The molecule has 1 aliphatic heterocycles. The molecule has 0 bridgehead atoms. The van der Waals surface area contributed by atoms with Crippen LogP contribution in [0.1, 0.15) is 79.5 Å². The Hall–Kier alpha value is -2.99. The fourth-order valence-corrected chi connectivity index (χ4v) is 5.65. The molecule has 1 saturated heterocycles. The smallest absolute Gasteiger partial charge is 0.381 e. The Morgan fingerprint density at radius 3 is 2.60 bits per heavy atom. The van der Waals surface area contributed by atoms with Gasteiger partial charge in [0.1, 0.15) is 0 Å². The molecule has 2 aromatic rings. The first-order valence-corrected chi connectivity index (χ1v) is 12.7. The van der Waals surface area contributed by atoms with Gasteiger partial charge in [0.25, 0.3) is 0 Å². The minimum Gasteiger partial charge on any atom is -0.381 e. The van der Waals surface area contributed by atoms with Gasteiger partial charge in [-0.25, -0.2) is 0 Å². The zero-order chi connectivity index (χ0) is 24.6. The third kappa shape index (κ3) is 4.76. The van der Waals surface area contributed by atoms with Gasteiger partial charge in [-0.3, -0.25) is 14.8 Å². The molecule has 2 atom stereocenters. The lowest BCUT2D eigenvalue weighted by atomic mass is 9.64. The number of amides is 2. The van der Waals surface area contributed by atoms with Crippen LogP contribution < -0.4 is 5.32 Å². The number of ether oxygens (including phenoxy) is 1. The summed E-state index contributed by atoms with van der Waals surface area (Å²) in [6.07, 6.45) is 8.84. The number of carbonyl (C=O) groups is 2. The standard InChI is InChI=1S/C26H33N5O4/c1-16-22(18-8-13-34-14-9-18)30-35-25(16)29-23(32)19(15-27-24(33)20-7-12-28-31(20)3)21(17-5-4-6-17)26(2)10-11-26/h7,12,17-19,21H,4-6,8-11,13-14H2,1-3H3/p+1. The largest absolute Gasteiger partial charge is 0.565 e. The van der Waals surface area contributed by atoms with Gasteiger partial charge in [0.15, 0.2) is 11.6 Å². The van der Waals surface area contributed by atoms with E-state index in [9.17, 15) is 9.59 Å². The SMILES string of the molecule is Cc1c(C2CCOCC2)noc1NC(=O)C(C#[N+]C(=O)c1ccnn1C)C(C1CCC1)C1(C)CC1. The van der Waals surface area contributed by atoms with Crippen LogP contribution >= 0.6 is 0 Å². The van der Waals surface area contributed by atoms with Crippen molar-refractivity contribution in [3.05, 3.63) is 34.1 Å². The van der Waals surface area contributed by atoms with Gasteiger partial charge in [-0.15, -0.1) is 0 Å². The molecule has 2 amide bonds. The lowest BCUT2D eigenvalue weighted by Gasteiger charge is -2.38. The van der Waals surface area contributed by atoms with E-state index in [1.807, 2.05) is 6.92 Å². The second kappa shape index (κ2) is 9.57. The number of nitrogens with zero attached hydrogens (tertiary/aromatic N) is 4. The molecule has 0 radical (unpaired) electrons. The van der Waals surface area contributed by atoms with Crippen molar-refractivity contribution in [3.63, 3.8) is 0 Å². The fraction of sp³-hybridized carbons (Fsp3) is 0.654. The van der Waals surface area contributed by atoms with Gasteiger partial charge in [0.2, 0.25) is 11.8 Å². The molecular formula is C26H34N5O4+. The number of anilines is 1. The minimum absolute atomic E-state index is 0.0644. The summed E-state index contributed by atoms with van der Waals surface area (Å²) in [6.45, 7) is 5.59. The third-order valence-electron chi connectivity index (χ3n) is 8.29. The number of hydrogen-bond donors (Lipinski definition) is 1. The van der Waals surface area contributed by atoms with Gasteiger partial charge in [-0.05, 0) is 55.9 Å². The average molecular weight is 481 g/mol. The molecule has 35 heavy (non-hydrogen) atoms. The van der Waals surface area contributed by atoms with Crippen LogP contribution in [0, 0.1) is 36.2 Å². The lowest BCUT2D eigenvalue weighted by Crippen LogP contribution is -2.39. The molecule has 0 aromatic carbocycles. The van der Waals surface area contributed by atoms with E-state index >= 15 is 0 Å². The number of nitrogens with one attached hydrogen (secondary N) is 1. The van der Waals surface area contributed by atoms with Crippen molar-refractivity contribution in [2.24, 2.45) is 30.2 Å². The Morgan fingerprint density at radius 2 is 2.00 bits per heavy atom. The summed E-state index contributed by atoms with van der Waals surface area (Å²) in [4.78, 5) is 30.6. The van der Waals surface area contributed by atoms with Crippen molar-refractivity contribution >= 4 is 17.7 Å². The monoisotopic (exact) mass is 480 g/mol. The molecule has 5 rings (SSSR count). The highest BCUT2D eigenvalue weighted by molar-refractivity contribution is 6.02. The molecule has 9 heteroatoms.